The van der Waals surface area contributed by atoms with Crippen LogP contribution in [0.4, 0.5) is 0 Å². The molecular weight excluding hydrogens is 199 g/mol. The molecule has 0 amide bonds. The van der Waals surface area contributed by atoms with E-state index >= 15 is 0 Å². The largest absolute Gasteiger partial charge is 0.331 e. The molecule has 1 radical (unpaired) electrons. The molecule has 0 atom stereocenters. The van der Waals surface area contributed by atoms with E-state index in [1.807, 2.05) is 41.5 Å². The molecule has 0 aromatic heterocycles. The van der Waals surface area contributed by atoms with E-state index in [0.717, 1.165) is 0 Å². The molecule has 0 heterocycles. The average molecular weight is 221 g/mol. The third-order valence-electron chi connectivity index (χ3n) is 1.10. The minimum Gasteiger partial charge on any atom is -0.303 e. The first kappa shape index (κ1) is 14.2. The van der Waals surface area contributed by atoms with Crippen molar-refractivity contribution in [2.24, 2.45) is 0 Å². The molecule has 0 bridgehead atoms. The fourth-order valence-electron chi connectivity index (χ4n) is 0.944. The van der Waals surface area contributed by atoms with E-state index in [2.05, 4.69) is 6.92 Å². The minimum absolute atomic E-state index is 0.154. The van der Waals surface area contributed by atoms with Gasteiger partial charge in [0.25, 0.3) is 0 Å². The molecule has 0 aromatic carbocycles. The highest BCUT2D eigenvalue weighted by molar-refractivity contribution is 7.54. The molecule has 14 heavy (non-hydrogen) atoms. The van der Waals surface area contributed by atoms with Gasteiger partial charge in [0.1, 0.15) is 0 Å². The van der Waals surface area contributed by atoms with E-state index < -0.39 is 18.8 Å². The van der Waals surface area contributed by atoms with E-state index in [4.69, 9.17) is 9.05 Å². The summed E-state index contributed by atoms with van der Waals surface area (Å²) in [5.74, 6) is 0. The second kappa shape index (κ2) is 4.34. The van der Waals surface area contributed by atoms with Crippen molar-refractivity contribution in [2.75, 3.05) is 6.16 Å². The molecule has 0 N–H and O–H groups in total. The van der Waals surface area contributed by atoms with Crippen LogP contribution in [0.15, 0.2) is 0 Å². The lowest BCUT2D eigenvalue weighted by atomic mass is 10.2. The first-order valence-corrected chi connectivity index (χ1v) is 6.50. The van der Waals surface area contributed by atoms with E-state index in [9.17, 15) is 4.57 Å². The van der Waals surface area contributed by atoms with Gasteiger partial charge in [0, 0.05) is 0 Å². The maximum Gasteiger partial charge on any atom is 0.331 e. The first-order valence-electron chi connectivity index (χ1n) is 4.77. The van der Waals surface area contributed by atoms with Crippen molar-refractivity contribution in [3.05, 3.63) is 6.92 Å². The second-order valence-electron chi connectivity index (χ2n) is 5.24. The summed E-state index contributed by atoms with van der Waals surface area (Å²) in [6.45, 7) is 14.7. The summed E-state index contributed by atoms with van der Waals surface area (Å²) in [7, 11) is -3.05. The van der Waals surface area contributed by atoms with Crippen LogP contribution in [-0.2, 0) is 13.6 Å². The Morgan fingerprint density at radius 1 is 1.00 bits per heavy atom. The summed E-state index contributed by atoms with van der Waals surface area (Å²) in [4.78, 5) is 0. The van der Waals surface area contributed by atoms with Crippen LogP contribution in [0, 0.1) is 6.92 Å². The molecular formula is C10H22O3P. The predicted molar refractivity (Wildman–Crippen MR) is 59.5 cm³/mol. The quantitative estimate of drug-likeness (QED) is 0.682. The fourth-order valence-corrected chi connectivity index (χ4v) is 2.83. The van der Waals surface area contributed by atoms with Crippen molar-refractivity contribution >= 4 is 7.60 Å². The lowest BCUT2D eigenvalue weighted by Crippen LogP contribution is -2.24. The summed E-state index contributed by atoms with van der Waals surface area (Å²) >= 11 is 0. The van der Waals surface area contributed by atoms with Crippen LogP contribution in [0.1, 0.15) is 41.5 Å². The molecule has 0 aliphatic carbocycles. The monoisotopic (exact) mass is 221 g/mol. The predicted octanol–water partition coefficient (Wildman–Crippen LogP) is 3.64. The third kappa shape index (κ3) is 6.58. The van der Waals surface area contributed by atoms with Crippen LogP contribution in [-0.4, -0.2) is 17.4 Å². The molecule has 4 heteroatoms. The lowest BCUT2D eigenvalue weighted by Gasteiger charge is -2.31. The maximum absolute atomic E-state index is 12.1. The summed E-state index contributed by atoms with van der Waals surface area (Å²) < 4.78 is 22.9. The molecule has 3 nitrogen and oxygen atoms in total. The van der Waals surface area contributed by atoms with Gasteiger partial charge in [0.15, 0.2) is 0 Å². The normalized spacial score (nSPS) is 14.5. The van der Waals surface area contributed by atoms with Crippen molar-refractivity contribution in [2.45, 2.75) is 52.7 Å². The Kier molecular flexibility index (Phi) is 4.39. The fraction of sp³-hybridized carbons (Fsp3) is 0.900. The highest BCUT2D eigenvalue weighted by atomic mass is 31.2. The molecule has 0 aliphatic rings. The van der Waals surface area contributed by atoms with Crippen molar-refractivity contribution < 1.29 is 13.6 Å². The van der Waals surface area contributed by atoms with Gasteiger partial charge in [-0.15, -0.1) is 0 Å². The third-order valence-corrected chi connectivity index (χ3v) is 3.30. The Hall–Kier alpha value is 0.150. The van der Waals surface area contributed by atoms with Crippen LogP contribution >= 0.6 is 7.60 Å². The zero-order valence-electron chi connectivity index (χ0n) is 10.1. The molecule has 0 aliphatic heterocycles. The van der Waals surface area contributed by atoms with Gasteiger partial charge in [-0.05, 0) is 48.5 Å². The van der Waals surface area contributed by atoms with Crippen LogP contribution in [0.2, 0.25) is 0 Å². The van der Waals surface area contributed by atoms with Crippen LogP contribution in [0.25, 0.3) is 0 Å². The first-order chi connectivity index (χ1) is 5.97. The summed E-state index contributed by atoms with van der Waals surface area (Å²) in [6, 6.07) is 0. The van der Waals surface area contributed by atoms with Crippen molar-refractivity contribution in [1.82, 2.24) is 0 Å². The summed E-state index contributed by atoms with van der Waals surface area (Å²) in [6.07, 6.45) is 0.154. The van der Waals surface area contributed by atoms with Crippen molar-refractivity contribution in [3.63, 3.8) is 0 Å². The SMILES string of the molecule is [CH2]CP(=O)(OC(C)(C)C)OC(C)(C)C. The standard InChI is InChI=1S/C10H22O3P/c1-8-14(11,12-9(2,3)4)13-10(5,6)7/h1,8H2,2-7H3. The van der Waals surface area contributed by atoms with Gasteiger partial charge >= 0.3 is 7.60 Å². The van der Waals surface area contributed by atoms with Crippen LogP contribution in [0.3, 0.4) is 0 Å². The van der Waals surface area contributed by atoms with Crippen LogP contribution < -0.4 is 0 Å². The molecule has 0 saturated heterocycles. The van der Waals surface area contributed by atoms with E-state index in [-0.39, 0.29) is 6.16 Å². The molecule has 85 valence electrons. The molecule has 0 fully saturated rings. The Balaban J connectivity index is 4.59. The van der Waals surface area contributed by atoms with Crippen molar-refractivity contribution in [1.29, 1.82) is 0 Å². The highest BCUT2D eigenvalue weighted by Crippen LogP contribution is 2.53. The van der Waals surface area contributed by atoms with Gasteiger partial charge in [0.2, 0.25) is 0 Å². The number of hydrogen-bond acceptors (Lipinski definition) is 3. The molecule has 0 unspecified atom stereocenters. The van der Waals surface area contributed by atoms with Gasteiger partial charge in [-0.2, -0.15) is 0 Å². The highest BCUT2D eigenvalue weighted by Gasteiger charge is 2.33. The number of rotatable bonds is 3. The Morgan fingerprint density at radius 3 is 1.43 bits per heavy atom. The Labute approximate surface area is 87.7 Å². The summed E-state index contributed by atoms with van der Waals surface area (Å²) in [5, 5.41) is 0. The zero-order chi connectivity index (χ0) is 11.6. The average Bonchev–Trinajstić information content (AvgIpc) is 1.78. The number of hydrogen-bond donors (Lipinski definition) is 0. The molecule has 0 saturated carbocycles. The van der Waals surface area contributed by atoms with Gasteiger partial charge < -0.3 is 9.05 Å². The zero-order valence-corrected chi connectivity index (χ0v) is 11.0. The van der Waals surface area contributed by atoms with Gasteiger partial charge in [-0.1, -0.05) is 0 Å². The Morgan fingerprint density at radius 2 is 1.29 bits per heavy atom. The van der Waals surface area contributed by atoms with Crippen LogP contribution in [0.5, 0.6) is 0 Å². The van der Waals surface area contributed by atoms with Gasteiger partial charge in [0.05, 0.1) is 17.4 Å². The maximum atomic E-state index is 12.1. The lowest BCUT2D eigenvalue weighted by molar-refractivity contribution is 0.0504. The summed E-state index contributed by atoms with van der Waals surface area (Å²) in [5.41, 5.74) is -0.947. The van der Waals surface area contributed by atoms with Gasteiger partial charge in [-0.3, -0.25) is 4.57 Å². The van der Waals surface area contributed by atoms with Crippen molar-refractivity contribution in [3.8, 4) is 0 Å². The topological polar surface area (TPSA) is 35.5 Å². The minimum atomic E-state index is -3.05. The van der Waals surface area contributed by atoms with Gasteiger partial charge in [-0.25, -0.2) is 0 Å². The van der Waals surface area contributed by atoms with E-state index in [1.54, 1.807) is 0 Å². The van der Waals surface area contributed by atoms with E-state index in [1.165, 1.54) is 0 Å². The van der Waals surface area contributed by atoms with E-state index in [0.29, 0.717) is 0 Å². The smallest absolute Gasteiger partial charge is 0.303 e. The Bertz CT molecular complexity index is 203. The molecule has 0 spiro atoms. The second-order valence-corrected chi connectivity index (χ2v) is 7.28. The molecule has 0 aromatic rings. The molecule has 0 rings (SSSR count).